The molecule has 0 saturated heterocycles. The van der Waals surface area contributed by atoms with E-state index in [1.165, 1.54) is 5.56 Å². The Bertz CT molecular complexity index is 1100. The predicted molar refractivity (Wildman–Crippen MR) is 117 cm³/mol. The van der Waals surface area contributed by atoms with E-state index in [-0.39, 0.29) is 0 Å². The number of aromatic nitrogens is 1. The van der Waals surface area contributed by atoms with Crippen LogP contribution in [0.1, 0.15) is 30.7 Å². The number of pyridine rings is 1. The van der Waals surface area contributed by atoms with Gasteiger partial charge in [-0.3, -0.25) is 9.71 Å². The summed E-state index contributed by atoms with van der Waals surface area (Å²) in [6, 6.07) is 13.8. The fourth-order valence-electron chi connectivity index (χ4n) is 3.46. The maximum Gasteiger partial charge on any atom is 0.229 e. The molecule has 0 aliphatic rings. The smallest absolute Gasteiger partial charge is 0.229 e. The number of nitrogens with zero attached hydrogens (tertiary/aromatic N) is 1. The number of nitrogens with one attached hydrogen (secondary N) is 1. The highest BCUT2D eigenvalue weighted by Gasteiger charge is 2.17. The summed E-state index contributed by atoms with van der Waals surface area (Å²) in [5.41, 5.74) is 12.8. The van der Waals surface area contributed by atoms with Crippen LogP contribution in [0.2, 0.25) is 0 Å². The highest BCUT2D eigenvalue weighted by molar-refractivity contribution is 7.92. The van der Waals surface area contributed by atoms with Gasteiger partial charge in [0.2, 0.25) is 10.0 Å². The van der Waals surface area contributed by atoms with E-state index < -0.39 is 10.0 Å². The average molecular weight is 398 g/mol. The van der Waals surface area contributed by atoms with E-state index in [4.69, 9.17) is 10.7 Å². The number of sulfonamides is 1. The van der Waals surface area contributed by atoms with Gasteiger partial charge in [-0.2, -0.15) is 0 Å². The molecule has 0 aliphatic heterocycles. The maximum atomic E-state index is 11.7. The van der Waals surface area contributed by atoms with Crippen LogP contribution in [-0.4, -0.2) is 19.7 Å². The van der Waals surface area contributed by atoms with Crippen LogP contribution >= 0.6 is 0 Å². The summed E-state index contributed by atoms with van der Waals surface area (Å²) in [6.07, 6.45) is 1.98. The van der Waals surface area contributed by atoms with Crippen molar-refractivity contribution in [2.75, 3.05) is 11.0 Å². The molecule has 6 heteroatoms. The second-order valence-electron chi connectivity index (χ2n) is 7.69. The molecular weight excluding hydrogens is 370 g/mol. The monoisotopic (exact) mass is 397 g/mol. The van der Waals surface area contributed by atoms with Gasteiger partial charge in [-0.15, -0.1) is 0 Å². The zero-order valence-electron chi connectivity index (χ0n) is 16.8. The molecule has 3 aromatic rings. The van der Waals surface area contributed by atoms with Crippen LogP contribution in [0, 0.1) is 12.8 Å². The molecule has 0 amide bonds. The molecule has 1 aromatic heterocycles. The molecule has 1 heterocycles. The summed E-state index contributed by atoms with van der Waals surface area (Å²) < 4.78 is 25.9. The molecular formula is C22H27N3O2S. The number of hydrogen-bond acceptors (Lipinski definition) is 4. The third-order valence-electron chi connectivity index (χ3n) is 4.62. The summed E-state index contributed by atoms with van der Waals surface area (Å²) >= 11 is 0. The van der Waals surface area contributed by atoms with Crippen molar-refractivity contribution >= 4 is 26.6 Å². The Morgan fingerprint density at radius 2 is 1.79 bits per heavy atom. The molecule has 3 rings (SSSR count). The van der Waals surface area contributed by atoms with Crippen LogP contribution in [0.4, 0.5) is 5.69 Å². The minimum Gasteiger partial charge on any atom is -0.326 e. The van der Waals surface area contributed by atoms with Crippen LogP contribution < -0.4 is 10.5 Å². The molecule has 0 spiro atoms. The van der Waals surface area contributed by atoms with Crippen molar-refractivity contribution in [2.45, 2.75) is 33.7 Å². The second-order valence-corrected chi connectivity index (χ2v) is 9.43. The van der Waals surface area contributed by atoms with Gasteiger partial charge in [-0.25, -0.2) is 8.42 Å². The predicted octanol–water partition coefficient (Wildman–Crippen LogP) is 4.24. The van der Waals surface area contributed by atoms with Crippen molar-refractivity contribution in [3.8, 4) is 11.1 Å². The fourth-order valence-corrected chi connectivity index (χ4v) is 4.01. The molecule has 2 aromatic carbocycles. The van der Waals surface area contributed by atoms with E-state index in [1.807, 2.05) is 12.1 Å². The molecule has 0 aliphatic carbocycles. The van der Waals surface area contributed by atoms with Gasteiger partial charge in [-0.1, -0.05) is 43.7 Å². The van der Waals surface area contributed by atoms with Crippen molar-refractivity contribution in [3.63, 3.8) is 0 Å². The normalized spacial score (nSPS) is 11.9. The first-order valence-corrected chi connectivity index (χ1v) is 11.3. The number of benzene rings is 2. The van der Waals surface area contributed by atoms with Crippen LogP contribution in [0.25, 0.3) is 22.0 Å². The Labute approximate surface area is 167 Å². The highest BCUT2D eigenvalue weighted by atomic mass is 32.2. The van der Waals surface area contributed by atoms with Crippen LogP contribution in [0.15, 0.2) is 42.5 Å². The summed E-state index contributed by atoms with van der Waals surface area (Å²) in [5, 5.41) is 0.894. The van der Waals surface area contributed by atoms with E-state index in [0.717, 1.165) is 46.0 Å². The van der Waals surface area contributed by atoms with Crippen molar-refractivity contribution in [1.82, 2.24) is 4.98 Å². The van der Waals surface area contributed by atoms with Crippen molar-refractivity contribution in [3.05, 3.63) is 59.3 Å². The number of rotatable bonds is 6. The van der Waals surface area contributed by atoms with Gasteiger partial charge >= 0.3 is 0 Å². The van der Waals surface area contributed by atoms with Crippen molar-refractivity contribution < 1.29 is 8.42 Å². The lowest BCUT2D eigenvalue weighted by Gasteiger charge is -2.18. The molecule has 3 N–H and O–H groups in total. The first-order valence-electron chi connectivity index (χ1n) is 9.38. The van der Waals surface area contributed by atoms with Gasteiger partial charge in [0.15, 0.2) is 0 Å². The van der Waals surface area contributed by atoms with Gasteiger partial charge in [0.1, 0.15) is 0 Å². The van der Waals surface area contributed by atoms with E-state index in [0.29, 0.717) is 18.2 Å². The lowest BCUT2D eigenvalue weighted by molar-refractivity contribution is 0.607. The Hall–Kier alpha value is -2.44. The third-order valence-corrected chi connectivity index (χ3v) is 5.23. The topological polar surface area (TPSA) is 85.1 Å². The zero-order valence-corrected chi connectivity index (χ0v) is 17.6. The minimum atomic E-state index is -3.36. The average Bonchev–Trinajstić information content (AvgIpc) is 2.60. The van der Waals surface area contributed by atoms with E-state index in [2.05, 4.69) is 49.8 Å². The van der Waals surface area contributed by atoms with Crippen molar-refractivity contribution in [2.24, 2.45) is 11.7 Å². The zero-order chi connectivity index (χ0) is 20.5. The van der Waals surface area contributed by atoms with Gasteiger partial charge < -0.3 is 5.73 Å². The van der Waals surface area contributed by atoms with Crippen LogP contribution in [0.3, 0.4) is 0 Å². The van der Waals surface area contributed by atoms with Gasteiger partial charge in [0.05, 0.1) is 11.8 Å². The van der Waals surface area contributed by atoms with Crippen molar-refractivity contribution in [1.29, 1.82) is 0 Å². The number of fused-ring (bicyclic) bond motifs is 1. The Morgan fingerprint density at radius 1 is 1.11 bits per heavy atom. The van der Waals surface area contributed by atoms with Crippen LogP contribution in [0.5, 0.6) is 0 Å². The SMILES string of the molecule is Cc1ccc(-c2c(CN)c(CC(C)C)nc3ccc(NS(C)(=O)=O)cc23)cc1. The molecule has 0 saturated carbocycles. The Kier molecular flexibility index (Phi) is 5.72. The maximum absolute atomic E-state index is 11.7. The Morgan fingerprint density at radius 3 is 2.36 bits per heavy atom. The number of anilines is 1. The minimum absolute atomic E-state index is 0.373. The van der Waals surface area contributed by atoms with Gasteiger partial charge in [0, 0.05) is 23.3 Å². The summed E-state index contributed by atoms with van der Waals surface area (Å²) in [5.74, 6) is 0.451. The standard InChI is InChI=1S/C22H27N3O2S/c1-14(2)11-21-19(13-23)22(16-7-5-15(3)6-8-16)18-12-17(25-28(4,26)27)9-10-20(18)24-21/h5-10,12,14,25H,11,13,23H2,1-4H3. The molecule has 28 heavy (non-hydrogen) atoms. The summed E-state index contributed by atoms with van der Waals surface area (Å²) in [7, 11) is -3.36. The lowest BCUT2D eigenvalue weighted by atomic mass is 9.91. The largest absolute Gasteiger partial charge is 0.326 e. The summed E-state index contributed by atoms with van der Waals surface area (Å²) in [6.45, 7) is 6.75. The third kappa shape index (κ3) is 4.51. The number of hydrogen-bond donors (Lipinski definition) is 2. The second kappa shape index (κ2) is 7.89. The Balaban J connectivity index is 2.34. The number of nitrogens with two attached hydrogens (primary N) is 1. The molecule has 0 fully saturated rings. The quantitative estimate of drug-likeness (QED) is 0.651. The summed E-state index contributed by atoms with van der Waals surface area (Å²) in [4.78, 5) is 4.87. The van der Waals surface area contributed by atoms with Gasteiger partial charge in [-0.05, 0) is 54.2 Å². The van der Waals surface area contributed by atoms with E-state index >= 15 is 0 Å². The van der Waals surface area contributed by atoms with E-state index in [1.54, 1.807) is 6.07 Å². The number of aryl methyl sites for hydroxylation is 1. The highest BCUT2D eigenvalue weighted by Crippen LogP contribution is 2.35. The van der Waals surface area contributed by atoms with Crippen LogP contribution in [-0.2, 0) is 23.0 Å². The lowest BCUT2D eigenvalue weighted by Crippen LogP contribution is -2.11. The van der Waals surface area contributed by atoms with E-state index in [9.17, 15) is 8.42 Å². The molecule has 5 nitrogen and oxygen atoms in total. The first kappa shape index (κ1) is 20.3. The molecule has 148 valence electrons. The molecule has 0 atom stereocenters. The van der Waals surface area contributed by atoms with Gasteiger partial charge in [0.25, 0.3) is 0 Å². The fraction of sp³-hybridized carbons (Fsp3) is 0.318. The first-order chi connectivity index (χ1) is 13.2. The molecule has 0 bridgehead atoms. The molecule has 0 unspecified atom stereocenters. The molecule has 0 radical (unpaired) electrons.